The van der Waals surface area contributed by atoms with Crippen molar-refractivity contribution in [3.8, 4) is 0 Å². The second-order valence-corrected chi connectivity index (χ2v) is 3.96. The highest BCUT2D eigenvalue weighted by Gasteiger charge is 2.26. The molecule has 2 aliphatic rings. The molecule has 70 valence electrons. The molecule has 1 unspecified atom stereocenters. The van der Waals surface area contributed by atoms with Gasteiger partial charge in [0.15, 0.2) is 0 Å². The molecular formula is C7H9N3O2S. The highest BCUT2D eigenvalue weighted by molar-refractivity contribution is 8.04. The fourth-order valence-corrected chi connectivity index (χ4v) is 2.24. The van der Waals surface area contributed by atoms with Gasteiger partial charge in [0.05, 0.1) is 5.71 Å². The number of carboxylic acid groups (broad SMARTS) is 1. The summed E-state index contributed by atoms with van der Waals surface area (Å²) in [4.78, 5) is 17.0. The maximum absolute atomic E-state index is 10.6. The highest BCUT2D eigenvalue weighted by Crippen LogP contribution is 2.32. The van der Waals surface area contributed by atoms with Crippen molar-refractivity contribution in [3.05, 3.63) is 11.1 Å². The van der Waals surface area contributed by atoms with E-state index >= 15 is 0 Å². The average Bonchev–Trinajstić information content (AvgIpc) is 2.42. The van der Waals surface area contributed by atoms with Gasteiger partial charge in [0, 0.05) is 24.1 Å². The number of rotatable bonds is 0. The van der Waals surface area contributed by atoms with Crippen LogP contribution in [0.4, 0.5) is 4.79 Å². The van der Waals surface area contributed by atoms with Crippen LogP contribution in [0.1, 0.15) is 6.42 Å². The first kappa shape index (κ1) is 8.58. The molecule has 3 N–H and O–H groups in total. The van der Waals surface area contributed by atoms with E-state index in [-0.39, 0.29) is 5.50 Å². The summed E-state index contributed by atoms with van der Waals surface area (Å²) in [6.07, 6.45) is 1.34. The van der Waals surface area contributed by atoms with E-state index in [1.54, 1.807) is 6.20 Å². The Morgan fingerprint density at radius 2 is 2.62 bits per heavy atom. The molecular weight excluding hydrogens is 190 g/mol. The number of nitrogens with zero attached hydrogens (tertiary/aromatic N) is 2. The second kappa shape index (κ2) is 3.04. The number of carbonyl (C=O) groups is 1. The number of aliphatic imine (C=N–C) groups is 1. The lowest BCUT2D eigenvalue weighted by Crippen LogP contribution is -2.30. The molecule has 0 aromatic carbocycles. The Balaban J connectivity index is 2.22. The third-order valence-corrected chi connectivity index (χ3v) is 2.87. The molecule has 2 heterocycles. The van der Waals surface area contributed by atoms with Crippen LogP contribution in [0.2, 0.25) is 0 Å². The minimum Gasteiger partial charge on any atom is -0.465 e. The molecule has 5 nitrogen and oxygen atoms in total. The van der Waals surface area contributed by atoms with Crippen molar-refractivity contribution < 1.29 is 9.90 Å². The zero-order valence-corrected chi connectivity index (χ0v) is 7.62. The predicted molar refractivity (Wildman–Crippen MR) is 50.4 cm³/mol. The van der Waals surface area contributed by atoms with E-state index in [2.05, 4.69) is 4.99 Å². The number of thioether (sulfide) groups is 1. The van der Waals surface area contributed by atoms with E-state index in [4.69, 9.17) is 10.8 Å². The number of allylic oxidation sites excluding steroid dienone is 1. The molecule has 0 bridgehead atoms. The maximum atomic E-state index is 10.6. The molecule has 0 saturated carbocycles. The summed E-state index contributed by atoms with van der Waals surface area (Å²) in [5.74, 6) is 0. The minimum atomic E-state index is -0.923. The molecule has 0 aromatic heterocycles. The Kier molecular flexibility index (Phi) is 2.01. The number of hydrogen-bond acceptors (Lipinski definition) is 4. The zero-order chi connectivity index (χ0) is 9.42. The van der Waals surface area contributed by atoms with E-state index in [0.717, 1.165) is 10.6 Å². The Bertz CT molecular complexity index is 313. The molecule has 0 aromatic rings. The van der Waals surface area contributed by atoms with Crippen LogP contribution in [-0.2, 0) is 0 Å². The van der Waals surface area contributed by atoms with Gasteiger partial charge in [-0.1, -0.05) is 11.8 Å². The van der Waals surface area contributed by atoms with E-state index in [1.807, 2.05) is 0 Å². The fraction of sp³-hybridized carbons (Fsp3) is 0.429. The van der Waals surface area contributed by atoms with E-state index in [9.17, 15) is 4.79 Å². The highest BCUT2D eigenvalue weighted by atomic mass is 32.2. The summed E-state index contributed by atoms with van der Waals surface area (Å²) in [5, 5.41) is 8.73. The first-order valence-corrected chi connectivity index (χ1v) is 4.75. The summed E-state index contributed by atoms with van der Waals surface area (Å²) in [5.41, 5.74) is 6.27. The SMILES string of the molecule is NC1N=C2CCN(C(=O)O)C=C2S1. The molecule has 2 aliphatic heterocycles. The Morgan fingerprint density at radius 3 is 3.31 bits per heavy atom. The van der Waals surface area contributed by atoms with Gasteiger partial charge in [-0.05, 0) is 0 Å². The van der Waals surface area contributed by atoms with Crippen molar-refractivity contribution in [3.63, 3.8) is 0 Å². The van der Waals surface area contributed by atoms with Crippen LogP contribution >= 0.6 is 11.8 Å². The Labute approximate surface area is 79.3 Å². The number of hydrogen-bond donors (Lipinski definition) is 2. The summed E-state index contributed by atoms with van der Waals surface area (Å²) in [6.45, 7) is 0.477. The molecule has 0 fully saturated rings. The van der Waals surface area contributed by atoms with Crippen LogP contribution in [-0.4, -0.2) is 33.9 Å². The van der Waals surface area contributed by atoms with Gasteiger partial charge in [-0.15, -0.1) is 0 Å². The van der Waals surface area contributed by atoms with Gasteiger partial charge in [-0.3, -0.25) is 9.89 Å². The van der Waals surface area contributed by atoms with Crippen LogP contribution in [0.3, 0.4) is 0 Å². The molecule has 0 aliphatic carbocycles. The van der Waals surface area contributed by atoms with Crippen LogP contribution < -0.4 is 5.73 Å². The smallest absolute Gasteiger partial charge is 0.411 e. The molecule has 6 heteroatoms. The van der Waals surface area contributed by atoms with Crippen LogP contribution in [0.15, 0.2) is 16.1 Å². The number of nitrogens with two attached hydrogens (primary N) is 1. The molecule has 0 radical (unpaired) electrons. The zero-order valence-electron chi connectivity index (χ0n) is 6.80. The summed E-state index contributed by atoms with van der Waals surface area (Å²) >= 11 is 1.40. The Morgan fingerprint density at radius 1 is 1.85 bits per heavy atom. The second-order valence-electron chi connectivity index (χ2n) is 2.80. The largest absolute Gasteiger partial charge is 0.465 e. The van der Waals surface area contributed by atoms with E-state index in [0.29, 0.717) is 13.0 Å². The minimum absolute atomic E-state index is 0.255. The molecule has 0 saturated heterocycles. The van der Waals surface area contributed by atoms with Crippen molar-refractivity contribution in [2.75, 3.05) is 6.54 Å². The molecule has 1 atom stereocenters. The summed E-state index contributed by atoms with van der Waals surface area (Å²) < 4.78 is 0. The average molecular weight is 199 g/mol. The van der Waals surface area contributed by atoms with Crippen molar-refractivity contribution in [2.24, 2.45) is 10.7 Å². The van der Waals surface area contributed by atoms with Crippen molar-refractivity contribution in [2.45, 2.75) is 11.9 Å². The lowest BCUT2D eigenvalue weighted by Gasteiger charge is -2.20. The van der Waals surface area contributed by atoms with E-state index in [1.165, 1.54) is 16.7 Å². The van der Waals surface area contributed by atoms with Gasteiger partial charge in [0.25, 0.3) is 0 Å². The van der Waals surface area contributed by atoms with E-state index < -0.39 is 6.09 Å². The van der Waals surface area contributed by atoms with Gasteiger partial charge in [0.2, 0.25) is 0 Å². The van der Waals surface area contributed by atoms with Gasteiger partial charge in [-0.2, -0.15) is 0 Å². The van der Waals surface area contributed by atoms with Crippen LogP contribution in [0.25, 0.3) is 0 Å². The van der Waals surface area contributed by atoms with Crippen LogP contribution in [0, 0.1) is 0 Å². The van der Waals surface area contributed by atoms with Crippen molar-refractivity contribution >= 4 is 23.6 Å². The first-order valence-electron chi connectivity index (χ1n) is 3.87. The standard InChI is InChI=1S/C7H9N3O2S/c8-6-9-4-1-2-10(7(11)12)3-5(4)13-6/h3,6H,1-2,8H2,(H,11,12). The van der Waals surface area contributed by atoms with Gasteiger partial charge in [-0.25, -0.2) is 4.79 Å². The first-order chi connectivity index (χ1) is 6.16. The quantitative estimate of drug-likeness (QED) is 0.600. The van der Waals surface area contributed by atoms with Gasteiger partial charge >= 0.3 is 6.09 Å². The third-order valence-electron chi connectivity index (χ3n) is 1.92. The number of fused-ring (bicyclic) bond motifs is 1. The van der Waals surface area contributed by atoms with Gasteiger partial charge in [0.1, 0.15) is 5.50 Å². The topological polar surface area (TPSA) is 78.9 Å². The monoisotopic (exact) mass is 199 g/mol. The summed E-state index contributed by atoms with van der Waals surface area (Å²) in [6, 6.07) is 0. The summed E-state index contributed by atoms with van der Waals surface area (Å²) in [7, 11) is 0. The van der Waals surface area contributed by atoms with Gasteiger partial charge < -0.3 is 10.8 Å². The third kappa shape index (κ3) is 1.54. The molecule has 2 rings (SSSR count). The number of amides is 1. The predicted octanol–water partition coefficient (Wildman–Crippen LogP) is 0.642. The van der Waals surface area contributed by atoms with Crippen molar-refractivity contribution in [1.82, 2.24) is 4.90 Å². The Hall–Kier alpha value is -1.01. The molecule has 1 amide bonds. The fourth-order valence-electron chi connectivity index (χ4n) is 1.32. The maximum Gasteiger partial charge on any atom is 0.411 e. The lowest BCUT2D eigenvalue weighted by atomic mass is 10.2. The van der Waals surface area contributed by atoms with Crippen LogP contribution in [0.5, 0.6) is 0 Å². The molecule has 0 spiro atoms. The molecule has 13 heavy (non-hydrogen) atoms. The lowest BCUT2D eigenvalue weighted by molar-refractivity contribution is 0.163. The van der Waals surface area contributed by atoms with Crippen molar-refractivity contribution in [1.29, 1.82) is 0 Å². The normalized spacial score (nSPS) is 26.5.